The fourth-order valence-electron chi connectivity index (χ4n) is 2.97. The number of carbonyl (C=O) groups is 2. The lowest BCUT2D eigenvalue weighted by Gasteiger charge is -2.15. The van der Waals surface area contributed by atoms with Crippen molar-refractivity contribution in [3.63, 3.8) is 0 Å². The molecule has 0 aliphatic carbocycles. The van der Waals surface area contributed by atoms with Gasteiger partial charge in [-0.2, -0.15) is 0 Å². The summed E-state index contributed by atoms with van der Waals surface area (Å²) in [6.45, 7) is 3.54. The molecule has 2 N–H and O–H groups in total. The second kappa shape index (κ2) is 9.61. The maximum absolute atomic E-state index is 13.4. The first-order valence-electron chi connectivity index (χ1n) is 9.46. The number of benzene rings is 2. The third kappa shape index (κ3) is 5.61. The number of amides is 2. The van der Waals surface area contributed by atoms with Gasteiger partial charge in [-0.25, -0.2) is 9.18 Å². The molecule has 0 bridgehead atoms. The van der Waals surface area contributed by atoms with E-state index in [1.54, 1.807) is 19.1 Å². The Balaban J connectivity index is 1.81. The summed E-state index contributed by atoms with van der Waals surface area (Å²) < 4.78 is 24.3. The molecule has 3 aromatic rings. The Kier molecular flexibility index (Phi) is 6.91. The molecular formula is C22H20ClFN2O5. The summed E-state index contributed by atoms with van der Waals surface area (Å²) in [5, 5.41) is 5.96. The number of rotatable bonds is 7. The summed E-state index contributed by atoms with van der Waals surface area (Å²) in [6, 6.07) is 10.00. The third-order valence-electron chi connectivity index (χ3n) is 4.42. The average molecular weight is 447 g/mol. The van der Waals surface area contributed by atoms with Gasteiger partial charge in [-0.15, -0.1) is 0 Å². The van der Waals surface area contributed by atoms with Crippen molar-refractivity contribution in [2.75, 3.05) is 13.1 Å². The molecule has 0 fully saturated rings. The van der Waals surface area contributed by atoms with Crippen molar-refractivity contribution in [2.45, 2.75) is 20.0 Å². The second-order valence-electron chi connectivity index (χ2n) is 6.80. The molecular weight excluding hydrogens is 427 g/mol. The zero-order valence-electron chi connectivity index (χ0n) is 16.8. The normalized spacial score (nSPS) is 11.7. The molecule has 0 saturated carbocycles. The van der Waals surface area contributed by atoms with Gasteiger partial charge < -0.3 is 19.8 Å². The van der Waals surface area contributed by atoms with E-state index in [0.717, 1.165) is 0 Å². The first-order valence-corrected chi connectivity index (χ1v) is 9.84. The molecule has 162 valence electrons. The molecule has 1 heterocycles. The highest BCUT2D eigenvalue weighted by atomic mass is 35.5. The van der Waals surface area contributed by atoms with E-state index in [1.165, 1.54) is 37.3 Å². The lowest BCUT2D eigenvalue weighted by molar-refractivity contribution is -0.127. The summed E-state index contributed by atoms with van der Waals surface area (Å²) in [6.07, 6.45) is -0.823. The maximum Gasteiger partial charge on any atom is 0.336 e. The van der Waals surface area contributed by atoms with E-state index < -0.39 is 17.5 Å². The first-order chi connectivity index (χ1) is 14.7. The molecule has 0 spiro atoms. The largest absolute Gasteiger partial charge is 0.481 e. The minimum Gasteiger partial charge on any atom is -0.481 e. The van der Waals surface area contributed by atoms with Crippen molar-refractivity contribution < 1.29 is 23.1 Å². The fraction of sp³-hybridized carbons (Fsp3) is 0.227. The Bertz CT molecular complexity index is 1190. The van der Waals surface area contributed by atoms with Crippen LogP contribution < -0.4 is 21.0 Å². The van der Waals surface area contributed by atoms with Gasteiger partial charge in [0.15, 0.2) is 6.10 Å². The summed E-state index contributed by atoms with van der Waals surface area (Å²) >= 11 is 6.16. The number of fused-ring (bicyclic) bond motifs is 1. The van der Waals surface area contributed by atoms with Crippen molar-refractivity contribution in [3.05, 3.63) is 63.7 Å². The van der Waals surface area contributed by atoms with E-state index in [1.807, 2.05) is 0 Å². The number of nitrogens with one attached hydrogen (secondary N) is 2. The SMILES string of the molecule is CC(=O)NCCNC(=O)[C@@H](C)Oc1ccc2c(-c3ccc(F)cc3Cl)cc(=O)oc2c1. The van der Waals surface area contributed by atoms with Gasteiger partial charge in [0, 0.05) is 48.7 Å². The number of ether oxygens (including phenoxy) is 1. The summed E-state index contributed by atoms with van der Waals surface area (Å²) in [7, 11) is 0. The highest BCUT2D eigenvalue weighted by Gasteiger charge is 2.16. The van der Waals surface area contributed by atoms with E-state index >= 15 is 0 Å². The third-order valence-corrected chi connectivity index (χ3v) is 4.73. The molecule has 9 heteroatoms. The van der Waals surface area contributed by atoms with Gasteiger partial charge >= 0.3 is 5.63 Å². The molecule has 1 aromatic heterocycles. The first kappa shape index (κ1) is 22.3. The summed E-state index contributed by atoms with van der Waals surface area (Å²) in [5.74, 6) is -0.709. The number of halogens is 2. The zero-order chi connectivity index (χ0) is 22.5. The van der Waals surface area contributed by atoms with Gasteiger partial charge in [0.25, 0.3) is 5.91 Å². The van der Waals surface area contributed by atoms with Crippen LogP contribution in [-0.2, 0) is 9.59 Å². The van der Waals surface area contributed by atoms with E-state index in [-0.39, 0.29) is 29.0 Å². The van der Waals surface area contributed by atoms with Gasteiger partial charge in [-0.3, -0.25) is 9.59 Å². The van der Waals surface area contributed by atoms with Crippen LogP contribution in [0.2, 0.25) is 5.02 Å². The monoisotopic (exact) mass is 446 g/mol. The summed E-state index contributed by atoms with van der Waals surface area (Å²) in [5.41, 5.74) is 0.607. The highest BCUT2D eigenvalue weighted by Crippen LogP contribution is 2.34. The van der Waals surface area contributed by atoms with Crippen molar-refractivity contribution in [1.82, 2.24) is 10.6 Å². The molecule has 1 atom stereocenters. The predicted octanol–water partition coefficient (Wildman–Crippen LogP) is 3.27. The molecule has 0 unspecified atom stereocenters. The van der Waals surface area contributed by atoms with Crippen molar-refractivity contribution in [1.29, 1.82) is 0 Å². The molecule has 7 nitrogen and oxygen atoms in total. The summed E-state index contributed by atoms with van der Waals surface area (Å²) in [4.78, 5) is 35.1. The average Bonchev–Trinajstić information content (AvgIpc) is 2.70. The Hall–Kier alpha value is -3.39. The van der Waals surface area contributed by atoms with Gasteiger partial charge in [-0.1, -0.05) is 11.6 Å². The van der Waals surface area contributed by atoms with Crippen LogP contribution in [0.5, 0.6) is 5.75 Å². The van der Waals surface area contributed by atoms with Gasteiger partial charge in [0.1, 0.15) is 17.1 Å². The second-order valence-corrected chi connectivity index (χ2v) is 7.20. The predicted molar refractivity (Wildman–Crippen MR) is 115 cm³/mol. The van der Waals surface area contributed by atoms with E-state index in [9.17, 15) is 18.8 Å². The van der Waals surface area contributed by atoms with Crippen molar-refractivity contribution >= 4 is 34.4 Å². The molecule has 0 aliphatic rings. The van der Waals surface area contributed by atoms with Crippen molar-refractivity contribution in [3.8, 4) is 16.9 Å². The standard InChI is InChI=1S/C22H20ClFN2O5/c1-12(22(29)26-8-7-25-13(2)27)30-15-4-6-17-18(11-21(28)31-20(17)10-15)16-5-3-14(24)9-19(16)23/h3-6,9-12H,7-8H2,1-2H3,(H,25,27)(H,26,29)/t12-/m1/s1. The van der Waals surface area contributed by atoms with Crippen LogP contribution in [0.15, 0.2) is 51.7 Å². The van der Waals surface area contributed by atoms with Crippen LogP contribution >= 0.6 is 11.6 Å². The van der Waals surface area contributed by atoms with Gasteiger partial charge in [-0.05, 0) is 37.3 Å². The minimum atomic E-state index is -0.823. The van der Waals surface area contributed by atoms with E-state index in [0.29, 0.717) is 28.8 Å². The molecule has 2 aromatic carbocycles. The molecule has 0 aliphatic heterocycles. The molecule has 31 heavy (non-hydrogen) atoms. The smallest absolute Gasteiger partial charge is 0.336 e. The van der Waals surface area contributed by atoms with Crippen LogP contribution in [0.3, 0.4) is 0 Å². The molecule has 2 amide bonds. The molecule has 3 rings (SSSR count). The lowest BCUT2D eigenvalue weighted by atomic mass is 10.0. The number of hydrogen-bond donors (Lipinski definition) is 2. The quantitative estimate of drug-likeness (QED) is 0.429. The van der Waals surface area contributed by atoms with Gasteiger partial charge in [0.2, 0.25) is 5.91 Å². The number of hydrogen-bond acceptors (Lipinski definition) is 5. The Labute approximate surface area is 182 Å². The Morgan fingerprint density at radius 1 is 1.10 bits per heavy atom. The minimum absolute atomic E-state index is 0.164. The fourth-order valence-corrected chi connectivity index (χ4v) is 3.24. The van der Waals surface area contributed by atoms with Crippen LogP contribution in [0.4, 0.5) is 4.39 Å². The molecule has 0 saturated heterocycles. The Morgan fingerprint density at radius 3 is 2.55 bits per heavy atom. The van der Waals surface area contributed by atoms with Crippen LogP contribution in [0, 0.1) is 5.82 Å². The zero-order valence-corrected chi connectivity index (χ0v) is 17.6. The van der Waals surface area contributed by atoms with Crippen LogP contribution in [0.25, 0.3) is 22.1 Å². The van der Waals surface area contributed by atoms with Crippen LogP contribution in [0.1, 0.15) is 13.8 Å². The highest BCUT2D eigenvalue weighted by molar-refractivity contribution is 6.33. The molecule has 0 radical (unpaired) electrons. The van der Waals surface area contributed by atoms with E-state index in [4.69, 9.17) is 20.8 Å². The Morgan fingerprint density at radius 2 is 1.84 bits per heavy atom. The topological polar surface area (TPSA) is 97.6 Å². The maximum atomic E-state index is 13.4. The lowest BCUT2D eigenvalue weighted by Crippen LogP contribution is -2.40. The van der Waals surface area contributed by atoms with E-state index in [2.05, 4.69) is 10.6 Å². The van der Waals surface area contributed by atoms with Crippen molar-refractivity contribution in [2.24, 2.45) is 0 Å². The van der Waals surface area contributed by atoms with Gasteiger partial charge in [0.05, 0.1) is 5.02 Å². The van der Waals surface area contributed by atoms with Crippen LogP contribution in [-0.4, -0.2) is 31.0 Å². The number of carbonyl (C=O) groups excluding carboxylic acids is 2.